The van der Waals surface area contributed by atoms with Gasteiger partial charge < -0.3 is 19.9 Å². The maximum absolute atomic E-state index is 13.8. The van der Waals surface area contributed by atoms with Gasteiger partial charge >= 0.3 is 5.97 Å². The van der Waals surface area contributed by atoms with Crippen LogP contribution in [0.5, 0.6) is 0 Å². The zero-order chi connectivity index (χ0) is 29.4. The summed E-state index contributed by atoms with van der Waals surface area (Å²) in [5.74, 6) is -1.87. The first-order valence-corrected chi connectivity index (χ1v) is 14.0. The van der Waals surface area contributed by atoms with Gasteiger partial charge in [-0.05, 0) is 72.6 Å². The first-order chi connectivity index (χ1) is 20.3. The van der Waals surface area contributed by atoms with Crippen molar-refractivity contribution < 1.29 is 23.5 Å². The van der Waals surface area contributed by atoms with E-state index in [-0.39, 0.29) is 11.8 Å². The minimum Gasteiger partial charge on any atom is -0.465 e. The topological polar surface area (TPSA) is 94.5 Å². The summed E-state index contributed by atoms with van der Waals surface area (Å²) >= 11 is 0. The van der Waals surface area contributed by atoms with E-state index < -0.39 is 17.7 Å². The highest BCUT2D eigenvalue weighted by Crippen LogP contribution is 2.38. The summed E-state index contributed by atoms with van der Waals surface area (Å²) in [6.07, 6.45) is 0.710. The molecular formula is C32H32FN5O4. The Labute approximate surface area is 243 Å². The van der Waals surface area contributed by atoms with Crippen LogP contribution in [0.3, 0.4) is 0 Å². The van der Waals surface area contributed by atoms with E-state index >= 15 is 0 Å². The van der Waals surface area contributed by atoms with E-state index in [9.17, 15) is 18.8 Å². The molecule has 42 heavy (non-hydrogen) atoms. The van der Waals surface area contributed by atoms with Crippen LogP contribution in [0.2, 0.25) is 0 Å². The summed E-state index contributed by atoms with van der Waals surface area (Å²) in [7, 11) is 3.39. The fourth-order valence-electron chi connectivity index (χ4n) is 5.83. The monoisotopic (exact) mass is 569 g/mol. The molecule has 10 heteroatoms. The Bertz CT molecular complexity index is 1580. The van der Waals surface area contributed by atoms with Crippen LogP contribution in [0.25, 0.3) is 0 Å². The molecule has 1 N–H and O–H groups in total. The number of rotatable bonds is 6. The molecule has 0 saturated carbocycles. The summed E-state index contributed by atoms with van der Waals surface area (Å²) in [6, 6.07) is 16.5. The van der Waals surface area contributed by atoms with Crippen molar-refractivity contribution in [3.63, 3.8) is 0 Å². The molecule has 0 aromatic heterocycles. The van der Waals surface area contributed by atoms with Gasteiger partial charge in [0.05, 0.1) is 30.6 Å². The lowest BCUT2D eigenvalue weighted by Crippen LogP contribution is -2.48. The maximum Gasteiger partial charge on any atom is 0.337 e. The van der Waals surface area contributed by atoms with Gasteiger partial charge in [0, 0.05) is 44.1 Å². The number of nitrogens with zero attached hydrogens (tertiary/aromatic N) is 4. The summed E-state index contributed by atoms with van der Waals surface area (Å²) in [4.78, 5) is 49.8. The highest BCUT2D eigenvalue weighted by atomic mass is 19.1. The number of amides is 2. The van der Waals surface area contributed by atoms with Gasteiger partial charge in [-0.2, -0.15) is 0 Å². The van der Waals surface area contributed by atoms with Crippen LogP contribution < -0.4 is 10.2 Å². The number of benzene rings is 3. The van der Waals surface area contributed by atoms with Crippen LogP contribution in [0.15, 0.2) is 65.7 Å². The molecule has 1 fully saturated rings. The number of hydrogen-bond acceptors (Lipinski definition) is 7. The van der Waals surface area contributed by atoms with Crippen LogP contribution in [0.4, 0.5) is 21.5 Å². The maximum atomic E-state index is 13.8. The first kappa shape index (κ1) is 27.7. The largest absolute Gasteiger partial charge is 0.465 e. The molecule has 3 aromatic carbocycles. The van der Waals surface area contributed by atoms with Crippen LogP contribution >= 0.6 is 0 Å². The van der Waals surface area contributed by atoms with E-state index in [1.165, 1.54) is 19.2 Å². The molecule has 0 aliphatic carbocycles. The molecule has 1 unspecified atom stereocenters. The molecular weight excluding hydrogens is 537 g/mol. The van der Waals surface area contributed by atoms with Crippen molar-refractivity contribution in [2.24, 2.45) is 4.99 Å². The van der Waals surface area contributed by atoms with Crippen LogP contribution in [-0.4, -0.2) is 86.7 Å². The Morgan fingerprint density at radius 1 is 0.976 bits per heavy atom. The number of carbonyl (C=O) groups is 3. The van der Waals surface area contributed by atoms with Gasteiger partial charge in [-0.25, -0.2) is 9.18 Å². The quantitative estimate of drug-likeness (QED) is 0.360. The number of nitrogens with one attached hydrogen (secondary N) is 1. The van der Waals surface area contributed by atoms with Crippen LogP contribution in [0, 0.1) is 5.82 Å². The lowest BCUT2D eigenvalue weighted by Gasteiger charge is -2.32. The summed E-state index contributed by atoms with van der Waals surface area (Å²) in [5.41, 5.74) is 5.08. The molecule has 216 valence electrons. The molecule has 3 heterocycles. The number of hydrogen-bond donors (Lipinski definition) is 1. The number of likely N-dealkylation sites (N-methyl/N-ethyl adjacent to an activating group) is 1. The molecule has 0 radical (unpaired) electrons. The molecule has 3 aliphatic rings. The second-order valence-electron chi connectivity index (χ2n) is 10.9. The van der Waals surface area contributed by atoms with Crippen molar-refractivity contribution in [3.05, 3.63) is 88.7 Å². The third-order valence-corrected chi connectivity index (χ3v) is 8.18. The van der Waals surface area contributed by atoms with E-state index in [4.69, 9.17) is 9.73 Å². The van der Waals surface area contributed by atoms with Crippen molar-refractivity contribution >= 4 is 40.6 Å². The van der Waals surface area contributed by atoms with Gasteiger partial charge in [0.2, 0.25) is 11.8 Å². The number of esters is 1. The van der Waals surface area contributed by atoms with Gasteiger partial charge in [0.15, 0.2) is 0 Å². The second kappa shape index (κ2) is 11.5. The summed E-state index contributed by atoms with van der Waals surface area (Å²) in [5, 5.41) is 2.86. The molecule has 2 amide bonds. The lowest BCUT2D eigenvalue weighted by molar-refractivity contribution is -0.120. The second-order valence-corrected chi connectivity index (χ2v) is 10.9. The van der Waals surface area contributed by atoms with Gasteiger partial charge in [-0.15, -0.1) is 0 Å². The Hall–Kier alpha value is -4.41. The van der Waals surface area contributed by atoms with Crippen LogP contribution in [-0.2, 0) is 20.7 Å². The fraction of sp³-hybridized carbons (Fsp3) is 0.312. The molecule has 1 atom stereocenters. The minimum absolute atomic E-state index is 0.0899. The van der Waals surface area contributed by atoms with E-state index in [0.29, 0.717) is 53.3 Å². The number of ether oxygens (including phenoxy) is 1. The van der Waals surface area contributed by atoms with E-state index in [1.807, 2.05) is 23.1 Å². The normalized spacial score (nSPS) is 18.9. The number of carbonyl (C=O) groups excluding carboxylic acids is 3. The molecule has 1 saturated heterocycles. The average molecular weight is 570 g/mol. The van der Waals surface area contributed by atoms with E-state index in [1.54, 1.807) is 30.3 Å². The van der Waals surface area contributed by atoms with Crippen molar-refractivity contribution in [2.75, 3.05) is 63.6 Å². The molecule has 6 rings (SSSR count). The highest BCUT2D eigenvalue weighted by Gasteiger charge is 2.36. The highest BCUT2D eigenvalue weighted by molar-refractivity contribution is 6.24. The van der Waals surface area contributed by atoms with Gasteiger partial charge in [0.25, 0.3) is 0 Å². The smallest absolute Gasteiger partial charge is 0.337 e. The average Bonchev–Trinajstić information content (AvgIpc) is 3.56. The van der Waals surface area contributed by atoms with Crippen molar-refractivity contribution in [2.45, 2.75) is 12.3 Å². The van der Waals surface area contributed by atoms with Crippen molar-refractivity contribution in [3.8, 4) is 0 Å². The Balaban J connectivity index is 1.31. The summed E-state index contributed by atoms with van der Waals surface area (Å²) < 4.78 is 18.7. The molecule has 0 bridgehead atoms. The summed E-state index contributed by atoms with van der Waals surface area (Å²) in [6.45, 7) is 4.68. The van der Waals surface area contributed by atoms with Gasteiger partial charge in [-0.3, -0.25) is 19.5 Å². The van der Waals surface area contributed by atoms with Gasteiger partial charge in [-0.1, -0.05) is 18.2 Å². The first-order valence-electron chi connectivity index (χ1n) is 14.0. The van der Waals surface area contributed by atoms with Crippen molar-refractivity contribution in [1.29, 1.82) is 0 Å². The Morgan fingerprint density at radius 2 is 1.71 bits per heavy atom. The number of piperazine rings is 1. The van der Waals surface area contributed by atoms with E-state index in [0.717, 1.165) is 37.4 Å². The third kappa shape index (κ3) is 5.43. The lowest BCUT2D eigenvalue weighted by atomic mass is 9.90. The number of aliphatic imine (C=N–C) groups is 1. The minimum atomic E-state index is -0.771. The van der Waals surface area contributed by atoms with Crippen molar-refractivity contribution in [1.82, 2.24) is 9.80 Å². The molecule has 0 spiro atoms. The number of anilines is 2. The number of methoxy groups -OCH3 is 1. The zero-order valence-corrected chi connectivity index (χ0v) is 23.6. The molecule has 3 aromatic rings. The predicted octanol–water partition coefficient (Wildman–Crippen LogP) is 3.61. The van der Waals surface area contributed by atoms with E-state index in [2.05, 4.69) is 22.2 Å². The molecule has 9 nitrogen and oxygen atoms in total. The SMILES string of the molecule is COC(=O)c1ccc2c(c1)NC(=O)C2C(=Nc1ccc2c(c1)CCN2C(=O)CN1CCN(C)CC1)c1ccc(F)cc1. The molecule has 3 aliphatic heterocycles. The predicted molar refractivity (Wildman–Crippen MR) is 158 cm³/mol. The fourth-order valence-corrected chi connectivity index (χ4v) is 5.83. The third-order valence-electron chi connectivity index (χ3n) is 8.18. The van der Waals surface area contributed by atoms with Gasteiger partial charge in [0.1, 0.15) is 11.7 Å². The Morgan fingerprint density at radius 3 is 2.45 bits per heavy atom. The Kier molecular flexibility index (Phi) is 7.57. The number of halogens is 1. The number of fused-ring (bicyclic) bond motifs is 2. The zero-order valence-electron chi connectivity index (χ0n) is 23.6. The van der Waals surface area contributed by atoms with Crippen LogP contribution in [0.1, 0.15) is 33.0 Å². The standard InChI is InChI=1S/C32H32FN5O4/c1-36-13-15-37(16-14-36)19-28(39)38-12-11-21-17-24(8-10-27(21)38)34-30(20-3-6-23(33)7-4-20)29-25-9-5-22(32(41)42-2)18-26(25)35-31(29)40/h3-10,17-18,29H,11-16,19H2,1-2H3,(H,35,40).